The van der Waals surface area contributed by atoms with Crippen LogP contribution in [0, 0.1) is 12.7 Å². The molecule has 1 heterocycles. The molecule has 0 radical (unpaired) electrons. The molecule has 0 saturated heterocycles. The summed E-state index contributed by atoms with van der Waals surface area (Å²) in [5, 5.41) is 4.10. The average Bonchev–Trinajstić information content (AvgIpc) is 2.25. The fourth-order valence-electron chi connectivity index (χ4n) is 1.83. The van der Waals surface area contributed by atoms with E-state index < -0.39 is 0 Å². The zero-order valence-electron chi connectivity index (χ0n) is 9.55. The van der Waals surface area contributed by atoms with Crippen LogP contribution in [0.5, 0.6) is 0 Å². The largest absolute Gasteiger partial charge is 0.319 e. The summed E-state index contributed by atoms with van der Waals surface area (Å²) in [5.41, 5.74) is 2.90. The first-order valence-electron chi connectivity index (χ1n) is 5.41. The Labute approximate surface area is 94.5 Å². The van der Waals surface area contributed by atoms with E-state index >= 15 is 0 Å². The molecule has 84 valence electrons. The van der Waals surface area contributed by atoms with Crippen molar-refractivity contribution < 1.29 is 4.39 Å². The van der Waals surface area contributed by atoms with Gasteiger partial charge in [-0.15, -0.1) is 0 Å². The molecule has 0 bridgehead atoms. The highest BCUT2D eigenvalue weighted by atomic mass is 19.1. The lowest BCUT2D eigenvalue weighted by molar-refractivity contribution is 0.629. The number of hydrogen-bond donors (Lipinski definition) is 1. The Bertz CT molecular complexity index is 509. The first-order chi connectivity index (χ1) is 7.70. The van der Waals surface area contributed by atoms with Crippen LogP contribution in [-0.2, 0) is 6.42 Å². The standard InChI is InChI=1S/C13H15FN2/c1-9-7-11(5-6-15-2)16-13-8-10(14)3-4-12(9)13/h3-4,7-8,15H,5-6H2,1-2H3. The topological polar surface area (TPSA) is 24.9 Å². The second-order valence-corrected chi connectivity index (χ2v) is 3.95. The van der Waals surface area contributed by atoms with Gasteiger partial charge in [-0.1, -0.05) is 0 Å². The third kappa shape index (κ3) is 2.19. The number of halogens is 1. The van der Waals surface area contributed by atoms with Crippen molar-refractivity contribution in [2.24, 2.45) is 0 Å². The number of pyridine rings is 1. The molecule has 0 amide bonds. The van der Waals surface area contributed by atoms with Gasteiger partial charge in [-0.25, -0.2) is 4.39 Å². The molecule has 0 fully saturated rings. The molecule has 0 spiro atoms. The SMILES string of the molecule is CNCCc1cc(C)c2ccc(F)cc2n1. The highest BCUT2D eigenvalue weighted by Crippen LogP contribution is 2.18. The fourth-order valence-corrected chi connectivity index (χ4v) is 1.83. The van der Waals surface area contributed by atoms with Crippen LogP contribution >= 0.6 is 0 Å². The van der Waals surface area contributed by atoms with Gasteiger partial charge in [0, 0.05) is 30.1 Å². The molecule has 0 aliphatic rings. The lowest BCUT2D eigenvalue weighted by Crippen LogP contribution is -2.11. The minimum Gasteiger partial charge on any atom is -0.319 e. The van der Waals surface area contributed by atoms with Crippen molar-refractivity contribution in [1.29, 1.82) is 0 Å². The molecule has 0 atom stereocenters. The molecule has 1 N–H and O–H groups in total. The van der Waals surface area contributed by atoms with Crippen molar-refractivity contribution >= 4 is 10.9 Å². The van der Waals surface area contributed by atoms with Gasteiger partial charge in [-0.05, 0) is 37.7 Å². The predicted octanol–water partition coefficient (Wildman–Crippen LogP) is 2.44. The molecule has 16 heavy (non-hydrogen) atoms. The molecule has 1 aromatic heterocycles. The quantitative estimate of drug-likeness (QED) is 0.856. The van der Waals surface area contributed by atoms with Crippen LogP contribution in [0.1, 0.15) is 11.3 Å². The number of nitrogens with zero attached hydrogens (tertiary/aromatic N) is 1. The Balaban J connectivity index is 2.47. The van der Waals surface area contributed by atoms with Crippen LogP contribution in [0.25, 0.3) is 10.9 Å². The molecule has 0 saturated carbocycles. The van der Waals surface area contributed by atoms with Crippen LogP contribution in [0.15, 0.2) is 24.3 Å². The summed E-state index contributed by atoms with van der Waals surface area (Å²) < 4.78 is 13.1. The summed E-state index contributed by atoms with van der Waals surface area (Å²) in [7, 11) is 1.91. The zero-order chi connectivity index (χ0) is 11.5. The summed E-state index contributed by atoms with van der Waals surface area (Å²) in [5.74, 6) is -0.231. The number of hydrogen-bond acceptors (Lipinski definition) is 2. The summed E-state index contributed by atoms with van der Waals surface area (Å²) in [4.78, 5) is 4.45. The molecule has 0 aliphatic heterocycles. The van der Waals surface area contributed by atoms with E-state index in [9.17, 15) is 4.39 Å². The van der Waals surface area contributed by atoms with Crippen LogP contribution in [0.4, 0.5) is 4.39 Å². The number of fused-ring (bicyclic) bond motifs is 1. The van der Waals surface area contributed by atoms with Crippen LogP contribution < -0.4 is 5.32 Å². The molecule has 2 rings (SSSR count). The summed E-state index contributed by atoms with van der Waals surface area (Å²) in [6.07, 6.45) is 0.865. The molecule has 0 unspecified atom stereocenters. The third-order valence-corrected chi connectivity index (χ3v) is 2.66. The predicted molar refractivity (Wildman–Crippen MR) is 64.1 cm³/mol. The van der Waals surface area contributed by atoms with E-state index in [1.165, 1.54) is 12.1 Å². The summed E-state index contributed by atoms with van der Waals surface area (Å²) in [6.45, 7) is 2.91. The van der Waals surface area contributed by atoms with Gasteiger partial charge in [-0.2, -0.15) is 0 Å². The number of benzene rings is 1. The number of rotatable bonds is 3. The minimum absolute atomic E-state index is 0.231. The van der Waals surface area contributed by atoms with Crippen molar-refractivity contribution in [3.8, 4) is 0 Å². The van der Waals surface area contributed by atoms with Gasteiger partial charge in [0.1, 0.15) is 5.82 Å². The smallest absolute Gasteiger partial charge is 0.125 e. The average molecular weight is 218 g/mol. The second-order valence-electron chi connectivity index (χ2n) is 3.95. The molecular formula is C13H15FN2. The van der Waals surface area contributed by atoms with E-state index in [0.29, 0.717) is 0 Å². The first-order valence-corrected chi connectivity index (χ1v) is 5.41. The van der Waals surface area contributed by atoms with Crippen molar-refractivity contribution in [3.63, 3.8) is 0 Å². The van der Waals surface area contributed by atoms with Gasteiger partial charge in [-0.3, -0.25) is 4.98 Å². The number of aryl methyl sites for hydroxylation is 1. The van der Waals surface area contributed by atoms with Crippen molar-refractivity contribution in [3.05, 3.63) is 41.3 Å². The normalized spacial score (nSPS) is 10.9. The van der Waals surface area contributed by atoms with E-state index in [2.05, 4.69) is 16.4 Å². The number of nitrogens with one attached hydrogen (secondary N) is 1. The Morgan fingerprint density at radius 2 is 2.12 bits per heavy atom. The minimum atomic E-state index is -0.231. The molecule has 2 nitrogen and oxygen atoms in total. The number of aromatic nitrogens is 1. The highest BCUT2D eigenvalue weighted by molar-refractivity contribution is 5.82. The van der Waals surface area contributed by atoms with E-state index in [1.54, 1.807) is 6.07 Å². The molecule has 1 aromatic carbocycles. The second kappa shape index (κ2) is 4.58. The van der Waals surface area contributed by atoms with Gasteiger partial charge in [0.2, 0.25) is 0 Å². The zero-order valence-corrected chi connectivity index (χ0v) is 9.55. The lowest BCUT2D eigenvalue weighted by atomic mass is 10.1. The molecular weight excluding hydrogens is 203 g/mol. The van der Waals surface area contributed by atoms with Crippen molar-refractivity contribution in [1.82, 2.24) is 10.3 Å². The monoisotopic (exact) mass is 218 g/mol. The maximum atomic E-state index is 13.1. The van der Waals surface area contributed by atoms with Crippen LogP contribution in [0.2, 0.25) is 0 Å². The van der Waals surface area contributed by atoms with Crippen LogP contribution in [-0.4, -0.2) is 18.6 Å². The van der Waals surface area contributed by atoms with Crippen molar-refractivity contribution in [2.75, 3.05) is 13.6 Å². The lowest BCUT2D eigenvalue weighted by Gasteiger charge is -2.06. The van der Waals surface area contributed by atoms with Gasteiger partial charge < -0.3 is 5.32 Å². The van der Waals surface area contributed by atoms with Gasteiger partial charge >= 0.3 is 0 Å². The maximum absolute atomic E-state index is 13.1. The number of likely N-dealkylation sites (N-methyl/N-ethyl adjacent to an activating group) is 1. The summed E-state index contributed by atoms with van der Waals surface area (Å²) >= 11 is 0. The Kier molecular flexibility index (Phi) is 3.15. The van der Waals surface area contributed by atoms with E-state index in [-0.39, 0.29) is 5.82 Å². The van der Waals surface area contributed by atoms with E-state index in [0.717, 1.165) is 35.1 Å². The Morgan fingerprint density at radius 3 is 2.88 bits per heavy atom. The Morgan fingerprint density at radius 1 is 1.31 bits per heavy atom. The van der Waals surface area contributed by atoms with Crippen LogP contribution in [0.3, 0.4) is 0 Å². The highest BCUT2D eigenvalue weighted by Gasteiger charge is 2.03. The van der Waals surface area contributed by atoms with Gasteiger partial charge in [0.05, 0.1) is 5.52 Å². The fraction of sp³-hybridized carbons (Fsp3) is 0.308. The van der Waals surface area contributed by atoms with Gasteiger partial charge in [0.25, 0.3) is 0 Å². The molecule has 2 aromatic rings. The first kappa shape index (κ1) is 11.0. The summed E-state index contributed by atoms with van der Waals surface area (Å²) in [6, 6.07) is 6.82. The van der Waals surface area contributed by atoms with Crippen molar-refractivity contribution in [2.45, 2.75) is 13.3 Å². The molecule has 3 heteroatoms. The third-order valence-electron chi connectivity index (χ3n) is 2.66. The van der Waals surface area contributed by atoms with E-state index in [4.69, 9.17) is 0 Å². The Hall–Kier alpha value is -1.48. The van der Waals surface area contributed by atoms with Gasteiger partial charge in [0.15, 0.2) is 0 Å². The molecule has 0 aliphatic carbocycles. The van der Waals surface area contributed by atoms with E-state index in [1.807, 2.05) is 14.0 Å². The maximum Gasteiger partial charge on any atom is 0.125 e.